The fraction of sp³-hybridized carbons (Fsp3) is 0.429. The summed E-state index contributed by atoms with van der Waals surface area (Å²) in [7, 11) is 1.53. The van der Waals surface area contributed by atoms with Crippen molar-refractivity contribution in [1.82, 2.24) is 0 Å². The molecule has 0 aliphatic carbocycles. The van der Waals surface area contributed by atoms with Gasteiger partial charge in [0.05, 0.1) is 12.3 Å². The number of hydrogen-bond donors (Lipinski definition) is 1. The maximum absolute atomic E-state index is 11.6. The monoisotopic (exact) mass is 266 g/mol. The number of rotatable bonds is 7. The maximum atomic E-state index is 11.6. The Morgan fingerprint density at radius 3 is 2.42 bits per heavy atom. The number of aliphatic carboxylic acids is 1. The molecule has 0 aliphatic heterocycles. The lowest BCUT2D eigenvalue weighted by Gasteiger charge is -2.17. The van der Waals surface area contributed by atoms with Gasteiger partial charge in [-0.05, 0) is 5.56 Å². The average Bonchev–Trinajstić information content (AvgIpc) is 2.39. The molecule has 0 fully saturated rings. The van der Waals surface area contributed by atoms with Crippen LogP contribution in [0.25, 0.3) is 0 Å². The van der Waals surface area contributed by atoms with Crippen molar-refractivity contribution in [3.63, 3.8) is 0 Å². The topological polar surface area (TPSA) is 72.8 Å². The van der Waals surface area contributed by atoms with Crippen LogP contribution in [0.5, 0.6) is 0 Å². The van der Waals surface area contributed by atoms with Crippen LogP contribution in [0.3, 0.4) is 0 Å². The summed E-state index contributed by atoms with van der Waals surface area (Å²) in [5.41, 5.74) is 0.906. The lowest BCUT2D eigenvalue weighted by molar-refractivity contribution is -0.155. The van der Waals surface area contributed by atoms with Crippen LogP contribution in [0.2, 0.25) is 0 Å². The van der Waals surface area contributed by atoms with Gasteiger partial charge in [-0.25, -0.2) is 0 Å². The zero-order chi connectivity index (χ0) is 14.3. The van der Waals surface area contributed by atoms with Crippen molar-refractivity contribution in [3.05, 3.63) is 35.9 Å². The molecule has 0 amide bonds. The summed E-state index contributed by atoms with van der Waals surface area (Å²) in [5, 5.41) is 8.60. The molecule has 5 heteroatoms. The molecule has 19 heavy (non-hydrogen) atoms. The molecule has 0 saturated heterocycles. The average molecular weight is 266 g/mol. The molecule has 0 saturated carbocycles. The van der Waals surface area contributed by atoms with Crippen LogP contribution in [0, 0.1) is 5.92 Å². The Morgan fingerprint density at radius 2 is 1.89 bits per heavy atom. The lowest BCUT2D eigenvalue weighted by Crippen LogP contribution is -2.21. The Hall–Kier alpha value is -1.88. The van der Waals surface area contributed by atoms with Gasteiger partial charge in [-0.1, -0.05) is 37.3 Å². The highest BCUT2D eigenvalue weighted by Crippen LogP contribution is 2.17. The van der Waals surface area contributed by atoms with Crippen LogP contribution >= 0.6 is 0 Å². The Balaban J connectivity index is 2.50. The largest absolute Gasteiger partial charge is 0.481 e. The zero-order valence-corrected chi connectivity index (χ0v) is 11.0. The highest BCUT2D eigenvalue weighted by Gasteiger charge is 2.20. The fourth-order valence-corrected chi connectivity index (χ4v) is 1.61. The Labute approximate surface area is 112 Å². The third-order valence-electron chi connectivity index (χ3n) is 2.72. The molecule has 0 aliphatic rings. The number of carboxylic acids is 1. The van der Waals surface area contributed by atoms with Gasteiger partial charge in [0, 0.05) is 7.11 Å². The van der Waals surface area contributed by atoms with E-state index in [1.807, 2.05) is 30.3 Å². The van der Waals surface area contributed by atoms with Crippen LogP contribution in [-0.2, 0) is 19.1 Å². The molecule has 0 spiro atoms. The maximum Gasteiger partial charge on any atom is 0.309 e. The molecule has 5 nitrogen and oxygen atoms in total. The highest BCUT2D eigenvalue weighted by atomic mass is 16.6. The molecule has 104 valence electrons. The first kappa shape index (κ1) is 15.2. The molecule has 0 heterocycles. The minimum atomic E-state index is -1.02. The summed E-state index contributed by atoms with van der Waals surface area (Å²) in [6.07, 6.45) is -0.580. The van der Waals surface area contributed by atoms with Gasteiger partial charge in [0.25, 0.3) is 0 Å². The SMILES string of the molecule is COC(COC(=O)C(C)CC(=O)O)c1ccccc1. The molecule has 1 N–H and O–H groups in total. The summed E-state index contributed by atoms with van der Waals surface area (Å²) in [5.74, 6) is -2.21. The van der Waals surface area contributed by atoms with Gasteiger partial charge >= 0.3 is 11.9 Å². The third-order valence-corrected chi connectivity index (χ3v) is 2.72. The Bertz CT molecular complexity index is 415. The van der Waals surface area contributed by atoms with Crippen LogP contribution in [-0.4, -0.2) is 30.8 Å². The number of methoxy groups -OCH3 is 1. The van der Waals surface area contributed by atoms with Gasteiger partial charge in [-0.3, -0.25) is 9.59 Å². The predicted molar refractivity (Wildman–Crippen MR) is 68.6 cm³/mol. The number of benzene rings is 1. The van der Waals surface area contributed by atoms with Gasteiger partial charge in [-0.2, -0.15) is 0 Å². The van der Waals surface area contributed by atoms with Gasteiger partial charge in [-0.15, -0.1) is 0 Å². The first-order chi connectivity index (χ1) is 9.04. The second-order valence-electron chi connectivity index (χ2n) is 4.26. The summed E-state index contributed by atoms with van der Waals surface area (Å²) in [6.45, 7) is 1.60. The molecular weight excluding hydrogens is 248 g/mol. The van der Waals surface area contributed by atoms with E-state index in [1.54, 1.807) is 0 Å². The zero-order valence-electron chi connectivity index (χ0n) is 11.0. The van der Waals surface area contributed by atoms with Crippen LogP contribution in [0.4, 0.5) is 0 Å². The van der Waals surface area contributed by atoms with E-state index in [0.717, 1.165) is 5.56 Å². The van der Waals surface area contributed by atoms with E-state index >= 15 is 0 Å². The van der Waals surface area contributed by atoms with E-state index in [0.29, 0.717) is 0 Å². The second kappa shape index (κ2) is 7.53. The van der Waals surface area contributed by atoms with Crippen molar-refractivity contribution in [2.24, 2.45) is 5.92 Å². The molecular formula is C14H18O5. The van der Waals surface area contributed by atoms with Gasteiger partial charge in [0.15, 0.2) is 0 Å². The summed E-state index contributed by atoms with van der Waals surface area (Å²) >= 11 is 0. The van der Waals surface area contributed by atoms with E-state index in [9.17, 15) is 9.59 Å². The van der Waals surface area contributed by atoms with E-state index in [2.05, 4.69) is 0 Å². The smallest absolute Gasteiger partial charge is 0.309 e. The lowest BCUT2D eigenvalue weighted by atomic mass is 10.1. The number of carboxylic acid groups (broad SMARTS) is 1. The second-order valence-corrected chi connectivity index (χ2v) is 4.26. The van der Waals surface area contributed by atoms with Gasteiger partial charge < -0.3 is 14.6 Å². The summed E-state index contributed by atoms with van der Waals surface area (Å²) < 4.78 is 10.3. The van der Waals surface area contributed by atoms with Gasteiger partial charge in [0.1, 0.15) is 12.7 Å². The molecule has 0 bridgehead atoms. The molecule has 0 aromatic heterocycles. The van der Waals surface area contributed by atoms with Crippen molar-refractivity contribution in [1.29, 1.82) is 0 Å². The van der Waals surface area contributed by atoms with Crippen LogP contribution in [0.15, 0.2) is 30.3 Å². The van der Waals surface area contributed by atoms with Crippen molar-refractivity contribution in [2.75, 3.05) is 13.7 Å². The van der Waals surface area contributed by atoms with E-state index in [4.69, 9.17) is 14.6 Å². The fourth-order valence-electron chi connectivity index (χ4n) is 1.61. The quantitative estimate of drug-likeness (QED) is 0.764. The number of carbonyl (C=O) groups excluding carboxylic acids is 1. The predicted octanol–water partition coefficient (Wildman–Crippen LogP) is 2.03. The first-order valence-electron chi connectivity index (χ1n) is 6.00. The highest BCUT2D eigenvalue weighted by molar-refractivity contribution is 5.78. The molecule has 0 radical (unpaired) electrons. The Morgan fingerprint density at radius 1 is 1.26 bits per heavy atom. The van der Waals surface area contributed by atoms with Crippen molar-refractivity contribution >= 4 is 11.9 Å². The normalized spacial score (nSPS) is 13.6. The molecule has 2 atom stereocenters. The van der Waals surface area contributed by atoms with Crippen molar-refractivity contribution in [3.8, 4) is 0 Å². The molecule has 1 rings (SSSR count). The molecule has 2 unspecified atom stereocenters. The minimum Gasteiger partial charge on any atom is -0.481 e. The first-order valence-corrected chi connectivity index (χ1v) is 6.00. The number of esters is 1. The summed E-state index contributed by atoms with van der Waals surface area (Å²) in [6, 6.07) is 9.38. The van der Waals surface area contributed by atoms with Crippen molar-refractivity contribution < 1.29 is 24.2 Å². The molecule has 1 aromatic rings. The van der Waals surface area contributed by atoms with Crippen LogP contribution in [0.1, 0.15) is 25.0 Å². The van der Waals surface area contributed by atoms with Crippen molar-refractivity contribution in [2.45, 2.75) is 19.4 Å². The van der Waals surface area contributed by atoms with E-state index in [-0.39, 0.29) is 19.1 Å². The molecule has 1 aromatic carbocycles. The minimum absolute atomic E-state index is 0.0727. The number of hydrogen-bond acceptors (Lipinski definition) is 4. The van der Waals surface area contributed by atoms with E-state index in [1.165, 1.54) is 14.0 Å². The van der Waals surface area contributed by atoms with Gasteiger partial charge in [0.2, 0.25) is 0 Å². The number of carbonyl (C=O) groups is 2. The third kappa shape index (κ3) is 5.09. The number of ether oxygens (including phenoxy) is 2. The Kier molecular flexibility index (Phi) is 6.02. The van der Waals surface area contributed by atoms with Crippen LogP contribution < -0.4 is 0 Å². The standard InChI is InChI=1S/C14H18O5/c1-10(8-13(15)16)14(17)19-9-12(18-2)11-6-4-3-5-7-11/h3-7,10,12H,8-9H2,1-2H3,(H,15,16). The van der Waals surface area contributed by atoms with E-state index < -0.39 is 17.9 Å². The summed E-state index contributed by atoms with van der Waals surface area (Å²) in [4.78, 5) is 22.1.